The molecular formula is C33H40N2O5. The van der Waals surface area contributed by atoms with E-state index in [-0.39, 0.29) is 35.4 Å². The number of nitrogens with zero attached hydrogens (tertiary/aromatic N) is 1. The highest BCUT2D eigenvalue weighted by Crippen LogP contribution is 2.77. The normalized spacial score (nSPS) is 37.5. The standard InChI is InChI=1S/C33H40N2O5/c1-38-24-11-10-22-16-25-31-12-13-33(39-2,23(17-31)28(34-18-26(36)37)21-6-4-3-5-7-21)30-32(31,27(22)29(24)40-30)14-15-35(25)19-20-8-9-20/h3-7,10-11,20,23,25,28,30,34H,8-9,12-19H2,1-2H3,(H,36,37)/t23?,25-,28?,30-,31-,32+,33-/m1/s1. The number of piperidine rings is 1. The molecule has 5 fully saturated rings. The van der Waals surface area contributed by atoms with E-state index in [0.29, 0.717) is 6.04 Å². The summed E-state index contributed by atoms with van der Waals surface area (Å²) >= 11 is 0. The lowest BCUT2D eigenvalue weighted by atomic mass is 9.34. The lowest BCUT2D eigenvalue weighted by molar-refractivity contribution is -0.282. The van der Waals surface area contributed by atoms with Crippen molar-refractivity contribution in [3.05, 3.63) is 59.2 Å². The van der Waals surface area contributed by atoms with Crippen molar-refractivity contribution in [3.63, 3.8) is 0 Å². The van der Waals surface area contributed by atoms with Gasteiger partial charge in [-0.05, 0) is 74.6 Å². The average molecular weight is 545 g/mol. The number of ether oxygens (including phenoxy) is 3. The first-order valence-electron chi connectivity index (χ1n) is 15.1. The molecule has 2 unspecified atom stereocenters. The first-order valence-corrected chi connectivity index (χ1v) is 15.1. The molecule has 2 spiro atoms. The van der Waals surface area contributed by atoms with E-state index in [1.165, 1.54) is 30.5 Å². The number of benzene rings is 2. The van der Waals surface area contributed by atoms with Gasteiger partial charge in [-0.1, -0.05) is 36.4 Å². The van der Waals surface area contributed by atoms with Crippen LogP contribution < -0.4 is 14.8 Å². The zero-order chi connectivity index (χ0) is 27.3. The van der Waals surface area contributed by atoms with Crippen LogP contribution in [0.2, 0.25) is 0 Å². The van der Waals surface area contributed by atoms with E-state index < -0.39 is 11.6 Å². The Morgan fingerprint density at radius 1 is 1.15 bits per heavy atom. The quantitative estimate of drug-likeness (QED) is 0.486. The molecule has 5 aliphatic carbocycles. The van der Waals surface area contributed by atoms with Crippen LogP contribution in [0.25, 0.3) is 0 Å². The van der Waals surface area contributed by atoms with Gasteiger partial charge in [-0.3, -0.25) is 15.0 Å². The summed E-state index contributed by atoms with van der Waals surface area (Å²) in [6.45, 7) is 2.21. The minimum atomic E-state index is -0.841. The molecule has 7 heteroatoms. The predicted octanol–water partition coefficient (Wildman–Crippen LogP) is 4.34. The molecule has 40 heavy (non-hydrogen) atoms. The first-order chi connectivity index (χ1) is 19.5. The monoisotopic (exact) mass is 544 g/mol. The highest BCUT2D eigenvalue weighted by Gasteiger charge is 2.81. The summed E-state index contributed by atoms with van der Waals surface area (Å²) in [5.74, 6) is 1.82. The molecule has 4 saturated carbocycles. The van der Waals surface area contributed by atoms with Gasteiger partial charge in [0.2, 0.25) is 0 Å². The van der Waals surface area contributed by atoms with Crippen LogP contribution in [0.5, 0.6) is 11.5 Å². The minimum absolute atomic E-state index is 0.0400. The van der Waals surface area contributed by atoms with Gasteiger partial charge in [0, 0.05) is 48.0 Å². The Balaban J connectivity index is 1.32. The fourth-order valence-electron chi connectivity index (χ4n) is 10.3. The van der Waals surface area contributed by atoms with Crippen LogP contribution in [0.4, 0.5) is 0 Å². The fourth-order valence-corrected chi connectivity index (χ4v) is 10.3. The largest absolute Gasteiger partial charge is 0.493 e. The lowest BCUT2D eigenvalue weighted by Crippen LogP contribution is -2.81. The first kappa shape index (κ1) is 25.1. The van der Waals surface area contributed by atoms with Gasteiger partial charge >= 0.3 is 5.97 Å². The summed E-state index contributed by atoms with van der Waals surface area (Å²) in [5.41, 5.74) is 3.32. The SMILES string of the molecule is COc1ccc2c3c1O[C@@H]1[C@]34CCN(CC3CC3)[C@H](C2)[C@]42CC[C@@]1(OC)C(C(NCC(=O)O)c1ccccc1)C2. The number of aliphatic carboxylic acids is 1. The number of likely N-dealkylation sites (tertiary alicyclic amines) is 1. The molecular weight excluding hydrogens is 504 g/mol. The smallest absolute Gasteiger partial charge is 0.317 e. The topological polar surface area (TPSA) is 80.3 Å². The van der Waals surface area contributed by atoms with Crippen LogP contribution >= 0.6 is 0 Å². The van der Waals surface area contributed by atoms with E-state index in [1.54, 1.807) is 7.11 Å². The maximum atomic E-state index is 11.8. The van der Waals surface area contributed by atoms with Crippen LogP contribution in [-0.2, 0) is 21.4 Å². The van der Waals surface area contributed by atoms with Crippen molar-refractivity contribution in [2.75, 3.05) is 33.9 Å². The van der Waals surface area contributed by atoms with Crippen molar-refractivity contribution >= 4 is 5.97 Å². The third kappa shape index (κ3) is 3.09. The molecule has 2 heterocycles. The molecule has 2 aromatic rings. The minimum Gasteiger partial charge on any atom is -0.493 e. The Kier molecular flexibility index (Phi) is 5.46. The maximum absolute atomic E-state index is 11.8. The number of carboxylic acid groups (broad SMARTS) is 1. The Labute approximate surface area is 236 Å². The zero-order valence-electron chi connectivity index (χ0n) is 23.5. The molecule has 0 radical (unpaired) electrons. The van der Waals surface area contributed by atoms with Crippen LogP contribution in [0.3, 0.4) is 0 Å². The van der Waals surface area contributed by atoms with Crippen LogP contribution in [-0.4, -0.2) is 67.6 Å². The van der Waals surface area contributed by atoms with Gasteiger partial charge in [0.1, 0.15) is 11.7 Å². The number of rotatable bonds is 9. The molecule has 2 aromatic carbocycles. The number of methoxy groups -OCH3 is 2. The number of carboxylic acids is 1. The van der Waals surface area contributed by atoms with Crippen molar-refractivity contribution in [2.24, 2.45) is 17.3 Å². The van der Waals surface area contributed by atoms with Gasteiger partial charge in [-0.15, -0.1) is 0 Å². The van der Waals surface area contributed by atoms with E-state index in [2.05, 4.69) is 46.6 Å². The third-order valence-electron chi connectivity index (χ3n) is 12.0. The molecule has 0 amide bonds. The number of hydrogen-bond donors (Lipinski definition) is 2. The van der Waals surface area contributed by atoms with Crippen molar-refractivity contribution < 1.29 is 24.1 Å². The van der Waals surface area contributed by atoms with E-state index >= 15 is 0 Å². The van der Waals surface area contributed by atoms with Crippen LogP contribution in [0.15, 0.2) is 42.5 Å². The molecule has 2 N–H and O–H groups in total. The lowest BCUT2D eigenvalue weighted by Gasteiger charge is -2.74. The summed E-state index contributed by atoms with van der Waals surface area (Å²) < 4.78 is 19.8. The Bertz CT molecular complexity index is 1350. The number of carbonyl (C=O) groups is 1. The number of fused-ring (bicyclic) bond motifs is 2. The molecule has 1 saturated heterocycles. The molecule has 9 rings (SSSR count). The number of hydrogen-bond acceptors (Lipinski definition) is 6. The second kappa shape index (κ2) is 8.70. The van der Waals surface area contributed by atoms with E-state index in [1.807, 2.05) is 13.2 Å². The van der Waals surface area contributed by atoms with Gasteiger partial charge in [0.05, 0.1) is 13.7 Å². The molecule has 7 atom stereocenters. The van der Waals surface area contributed by atoms with Crippen molar-refractivity contribution in [3.8, 4) is 11.5 Å². The average Bonchev–Trinajstić information content (AvgIpc) is 3.72. The molecule has 2 aliphatic heterocycles. The zero-order valence-corrected chi connectivity index (χ0v) is 23.5. The van der Waals surface area contributed by atoms with Gasteiger partial charge < -0.3 is 19.3 Å². The summed E-state index contributed by atoms with van der Waals surface area (Å²) in [7, 11) is 3.60. The predicted molar refractivity (Wildman–Crippen MR) is 150 cm³/mol. The number of nitrogens with one attached hydrogen (secondary N) is 1. The molecule has 212 valence electrons. The molecule has 7 aliphatic rings. The third-order valence-corrected chi connectivity index (χ3v) is 12.0. The highest BCUT2D eigenvalue weighted by molar-refractivity contribution is 5.69. The van der Waals surface area contributed by atoms with Gasteiger partial charge in [0.25, 0.3) is 0 Å². The van der Waals surface area contributed by atoms with Gasteiger partial charge in [-0.2, -0.15) is 0 Å². The maximum Gasteiger partial charge on any atom is 0.317 e. The van der Waals surface area contributed by atoms with E-state index in [4.69, 9.17) is 14.2 Å². The van der Waals surface area contributed by atoms with Crippen molar-refractivity contribution in [2.45, 2.75) is 74.1 Å². The Hall–Kier alpha value is -2.61. The fraction of sp³-hybridized carbons (Fsp3) is 0.606. The summed E-state index contributed by atoms with van der Waals surface area (Å²) in [6, 6.07) is 15.1. The van der Waals surface area contributed by atoms with E-state index in [9.17, 15) is 9.90 Å². The molecule has 4 bridgehead atoms. The van der Waals surface area contributed by atoms with E-state index in [0.717, 1.165) is 61.6 Å². The second-order valence-corrected chi connectivity index (χ2v) is 13.3. The van der Waals surface area contributed by atoms with Crippen LogP contribution in [0, 0.1) is 17.3 Å². The van der Waals surface area contributed by atoms with Crippen molar-refractivity contribution in [1.82, 2.24) is 10.2 Å². The molecule has 0 aromatic heterocycles. The van der Waals surface area contributed by atoms with Crippen LogP contribution in [0.1, 0.15) is 61.3 Å². The molecule has 7 nitrogen and oxygen atoms in total. The summed E-state index contributed by atoms with van der Waals surface area (Å²) in [6.07, 6.45) is 7.72. The van der Waals surface area contributed by atoms with Gasteiger partial charge in [-0.25, -0.2) is 0 Å². The highest BCUT2D eigenvalue weighted by atomic mass is 16.6. The Morgan fingerprint density at radius 2 is 1.98 bits per heavy atom. The van der Waals surface area contributed by atoms with Gasteiger partial charge in [0.15, 0.2) is 11.5 Å². The Morgan fingerprint density at radius 3 is 2.70 bits per heavy atom. The summed E-state index contributed by atoms with van der Waals surface area (Å²) in [4.78, 5) is 14.7. The summed E-state index contributed by atoms with van der Waals surface area (Å²) in [5, 5.41) is 13.2. The van der Waals surface area contributed by atoms with Crippen molar-refractivity contribution in [1.29, 1.82) is 0 Å². The second-order valence-electron chi connectivity index (χ2n) is 13.3.